The lowest BCUT2D eigenvalue weighted by atomic mass is 10.5. The summed E-state index contributed by atoms with van der Waals surface area (Å²) in [6.45, 7) is 2.02. The molecule has 17 heavy (non-hydrogen) atoms. The predicted molar refractivity (Wildman–Crippen MR) is 69.4 cm³/mol. The SMILES string of the molecule is CCOC(=O)c1nc2c(Cl)nc(Br)cn2c1Br. The molecule has 2 rings (SSSR count). The quantitative estimate of drug-likeness (QED) is 0.748. The van der Waals surface area contributed by atoms with Gasteiger partial charge in [-0.25, -0.2) is 14.8 Å². The number of esters is 1. The summed E-state index contributed by atoms with van der Waals surface area (Å²) in [5, 5.41) is 0.204. The van der Waals surface area contributed by atoms with E-state index in [1.807, 2.05) is 0 Å². The Morgan fingerprint density at radius 2 is 2.24 bits per heavy atom. The molecule has 8 heteroatoms. The fourth-order valence-corrected chi connectivity index (χ4v) is 2.51. The van der Waals surface area contributed by atoms with E-state index in [-0.39, 0.29) is 17.5 Å². The zero-order valence-electron chi connectivity index (χ0n) is 8.58. The van der Waals surface area contributed by atoms with Gasteiger partial charge in [-0.3, -0.25) is 4.40 Å². The molecule has 0 saturated carbocycles. The number of aromatic nitrogens is 3. The van der Waals surface area contributed by atoms with Crippen LogP contribution >= 0.6 is 43.5 Å². The Morgan fingerprint density at radius 3 is 2.88 bits per heavy atom. The maximum Gasteiger partial charge on any atom is 0.359 e. The molecule has 90 valence electrons. The van der Waals surface area contributed by atoms with Gasteiger partial charge >= 0.3 is 5.97 Å². The van der Waals surface area contributed by atoms with Crippen LogP contribution in [-0.2, 0) is 4.74 Å². The van der Waals surface area contributed by atoms with E-state index in [1.54, 1.807) is 17.5 Å². The lowest BCUT2D eigenvalue weighted by Gasteiger charge is -1.98. The van der Waals surface area contributed by atoms with Gasteiger partial charge in [-0.1, -0.05) is 11.6 Å². The molecule has 0 aliphatic heterocycles. The molecule has 0 bridgehead atoms. The first-order valence-electron chi connectivity index (χ1n) is 4.61. The minimum absolute atomic E-state index is 0.175. The minimum atomic E-state index is -0.504. The largest absolute Gasteiger partial charge is 0.461 e. The van der Waals surface area contributed by atoms with Crippen molar-refractivity contribution in [2.45, 2.75) is 6.92 Å². The van der Waals surface area contributed by atoms with Crippen molar-refractivity contribution in [3.05, 3.63) is 26.3 Å². The summed E-state index contributed by atoms with van der Waals surface area (Å²) in [5.41, 5.74) is 0.568. The second-order valence-corrected chi connectivity index (χ2v) is 4.94. The van der Waals surface area contributed by atoms with E-state index in [9.17, 15) is 4.79 Å². The van der Waals surface area contributed by atoms with Gasteiger partial charge in [-0.15, -0.1) is 0 Å². The molecule has 0 atom stereocenters. The highest BCUT2D eigenvalue weighted by Gasteiger charge is 2.20. The number of hydrogen-bond acceptors (Lipinski definition) is 4. The highest BCUT2D eigenvalue weighted by Crippen LogP contribution is 2.25. The number of rotatable bonds is 2. The summed E-state index contributed by atoms with van der Waals surface area (Å²) in [6.07, 6.45) is 1.65. The molecule has 0 unspecified atom stereocenters. The van der Waals surface area contributed by atoms with Crippen molar-refractivity contribution in [2.24, 2.45) is 0 Å². The predicted octanol–water partition coefficient (Wildman–Crippen LogP) is 3.08. The van der Waals surface area contributed by atoms with Crippen molar-refractivity contribution < 1.29 is 9.53 Å². The first-order chi connectivity index (χ1) is 8.04. The molecule has 0 N–H and O–H groups in total. The third kappa shape index (κ3) is 2.31. The second kappa shape index (κ2) is 4.91. The summed E-state index contributed by atoms with van der Waals surface area (Å²) in [5.74, 6) is -0.504. The smallest absolute Gasteiger partial charge is 0.359 e. The standard InChI is InChI=1S/C9H6Br2ClN3O2/c1-2-17-9(16)5-6(11)15-3-4(10)13-7(12)8(15)14-5/h3H,2H2,1H3. The zero-order valence-corrected chi connectivity index (χ0v) is 12.5. The van der Waals surface area contributed by atoms with Crippen molar-refractivity contribution in [3.8, 4) is 0 Å². The summed E-state index contributed by atoms with van der Waals surface area (Å²) in [4.78, 5) is 19.7. The van der Waals surface area contributed by atoms with Crippen LogP contribution in [0.5, 0.6) is 0 Å². The van der Waals surface area contributed by atoms with Crippen LogP contribution in [0.3, 0.4) is 0 Å². The maximum absolute atomic E-state index is 11.6. The van der Waals surface area contributed by atoms with Crippen LogP contribution in [0.1, 0.15) is 17.4 Å². The van der Waals surface area contributed by atoms with E-state index in [0.717, 1.165) is 0 Å². The number of ether oxygens (including phenoxy) is 1. The molecule has 0 amide bonds. The molecule has 0 radical (unpaired) electrons. The van der Waals surface area contributed by atoms with Crippen LogP contribution in [0.4, 0.5) is 0 Å². The first kappa shape index (κ1) is 12.8. The van der Waals surface area contributed by atoms with E-state index >= 15 is 0 Å². The monoisotopic (exact) mass is 381 g/mol. The lowest BCUT2D eigenvalue weighted by Crippen LogP contribution is -2.05. The summed E-state index contributed by atoms with van der Waals surface area (Å²) < 4.78 is 7.53. The van der Waals surface area contributed by atoms with E-state index in [4.69, 9.17) is 16.3 Å². The molecule has 0 saturated heterocycles. The molecular weight excluding hydrogens is 377 g/mol. The van der Waals surface area contributed by atoms with E-state index in [0.29, 0.717) is 14.9 Å². The Bertz CT molecular complexity index is 599. The van der Waals surface area contributed by atoms with Crippen molar-refractivity contribution in [3.63, 3.8) is 0 Å². The Morgan fingerprint density at radius 1 is 1.53 bits per heavy atom. The molecule has 0 spiro atoms. The number of nitrogens with zero attached hydrogens (tertiary/aromatic N) is 3. The van der Waals surface area contributed by atoms with Crippen molar-refractivity contribution >= 4 is 55.1 Å². The molecule has 0 aliphatic carbocycles. The number of carbonyl (C=O) groups is 1. The maximum atomic E-state index is 11.6. The summed E-state index contributed by atoms with van der Waals surface area (Å²) >= 11 is 12.4. The lowest BCUT2D eigenvalue weighted by molar-refractivity contribution is 0.0519. The third-order valence-corrected chi connectivity index (χ3v) is 3.34. The van der Waals surface area contributed by atoms with Gasteiger partial charge in [0.05, 0.1) is 6.61 Å². The van der Waals surface area contributed by atoms with E-state index < -0.39 is 5.97 Å². The fraction of sp³-hybridized carbons (Fsp3) is 0.222. The van der Waals surface area contributed by atoms with Gasteiger partial charge in [0.2, 0.25) is 0 Å². The van der Waals surface area contributed by atoms with Gasteiger partial charge in [0, 0.05) is 6.20 Å². The van der Waals surface area contributed by atoms with E-state index in [1.165, 1.54) is 0 Å². The minimum Gasteiger partial charge on any atom is -0.461 e. The summed E-state index contributed by atoms with van der Waals surface area (Å²) in [7, 11) is 0. The fourth-order valence-electron chi connectivity index (χ4n) is 1.28. The van der Waals surface area contributed by atoms with Crippen molar-refractivity contribution in [2.75, 3.05) is 6.61 Å². The normalized spacial score (nSPS) is 10.8. The molecule has 0 aromatic carbocycles. The van der Waals surface area contributed by atoms with Crippen molar-refractivity contribution in [1.82, 2.24) is 14.4 Å². The molecule has 2 aromatic rings. The van der Waals surface area contributed by atoms with Crippen LogP contribution in [0, 0.1) is 0 Å². The van der Waals surface area contributed by atoms with Gasteiger partial charge in [-0.05, 0) is 38.8 Å². The van der Waals surface area contributed by atoms with Crippen LogP contribution < -0.4 is 0 Å². The topological polar surface area (TPSA) is 56.5 Å². The number of fused-ring (bicyclic) bond motifs is 1. The average Bonchev–Trinajstić information content (AvgIpc) is 2.57. The van der Waals surface area contributed by atoms with Crippen LogP contribution in [0.15, 0.2) is 15.4 Å². The van der Waals surface area contributed by atoms with Gasteiger partial charge in [-0.2, -0.15) is 0 Å². The zero-order chi connectivity index (χ0) is 12.6. The highest BCUT2D eigenvalue weighted by atomic mass is 79.9. The molecule has 5 nitrogen and oxygen atoms in total. The van der Waals surface area contributed by atoms with Crippen LogP contribution in [0.2, 0.25) is 5.15 Å². The summed E-state index contributed by atoms with van der Waals surface area (Å²) in [6, 6.07) is 0. The third-order valence-electron chi connectivity index (χ3n) is 1.95. The van der Waals surface area contributed by atoms with Crippen LogP contribution in [-0.4, -0.2) is 26.9 Å². The number of halogens is 3. The second-order valence-electron chi connectivity index (χ2n) is 3.02. The highest BCUT2D eigenvalue weighted by molar-refractivity contribution is 9.10. The Hall–Kier alpha value is -0.660. The molecule has 2 aromatic heterocycles. The molecular formula is C9H6Br2ClN3O2. The van der Waals surface area contributed by atoms with Gasteiger partial charge in [0.15, 0.2) is 16.5 Å². The first-order valence-corrected chi connectivity index (χ1v) is 6.57. The molecule has 0 aliphatic rings. The van der Waals surface area contributed by atoms with Crippen molar-refractivity contribution in [1.29, 1.82) is 0 Å². The number of hydrogen-bond donors (Lipinski definition) is 0. The van der Waals surface area contributed by atoms with Gasteiger partial charge in [0.1, 0.15) is 9.21 Å². The average molecular weight is 383 g/mol. The Labute approximate surface area is 118 Å². The molecule has 0 fully saturated rings. The number of carbonyl (C=O) groups excluding carboxylic acids is 1. The number of imidazole rings is 1. The van der Waals surface area contributed by atoms with Crippen LogP contribution in [0.25, 0.3) is 5.65 Å². The van der Waals surface area contributed by atoms with Gasteiger partial charge < -0.3 is 4.74 Å². The van der Waals surface area contributed by atoms with E-state index in [2.05, 4.69) is 41.8 Å². The Balaban J connectivity index is 2.64. The molecule has 2 heterocycles. The van der Waals surface area contributed by atoms with Gasteiger partial charge in [0.25, 0.3) is 0 Å². The Kier molecular flexibility index (Phi) is 3.70.